The van der Waals surface area contributed by atoms with Gasteiger partial charge in [0.25, 0.3) is 0 Å². The molecule has 0 aliphatic heterocycles. The average Bonchev–Trinajstić information content (AvgIpc) is 2.93. The molecule has 0 spiro atoms. The first-order valence-corrected chi connectivity index (χ1v) is 12.1. The molecule has 0 aromatic carbocycles. The quantitative estimate of drug-likeness (QED) is 0.0707. The van der Waals surface area contributed by atoms with Gasteiger partial charge >= 0.3 is 34.1 Å². The van der Waals surface area contributed by atoms with Crippen LogP contribution in [0, 0.1) is 0 Å². The van der Waals surface area contributed by atoms with E-state index in [1.807, 2.05) is 0 Å². The predicted molar refractivity (Wildman–Crippen MR) is 136 cm³/mol. The van der Waals surface area contributed by atoms with Gasteiger partial charge in [-0.05, 0) is 38.5 Å². The van der Waals surface area contributed by atoms with E-state index in [4.69, 9.17) is 51.6 Å². The summed E-state index contributed by atoms with van der Waals surface area (Å²) in [5.41, 5.74) is 44.2. The van der Waals surface area contributed by atoms with Crippen molar-refractivity contribution in [1.82, 2.24) is 0 Å². The molecule has 0 aromatic heterocycles. The zero-order chi connectivity index (χ0) is 34.7. The van der Waals surface area contributed by atoms with Crippen LogP contribution in [0.3, 0.4) is 0 Å². The molecule has 0 saturated heterocycles. The number of carboxylic acid groups (broad SMARTS) is 6. The van der Waals surface area contributed by atoms with Crippen molar-refractivity contribution < 1.29 is 93.5 Å². The van der Waals surface area contributed by atoms with Crippen molar-refractivity contribution in [2.45, 2.75) is 56.7 Å². The summed E-state index contributed by atoms with van der Waals surface area (Å²) in [6.07, 6.45) is -1.50. The van der Waals surface area contributed by atoms with E-state index in [1.165, 1.54) is 0 Å². The summed E-state index contributed by atoms with van der Waals surface area (Å²) in [6, 6.07) is -3.63. The minimum atomic E-state index is -1.44. The van der Waals surface area contributed by atoms with Gasteiger partial charge in [-0.1, -0.05) is 0 Å². The van der Waals surface area contributed by atoms with E-state index in [0.717, 1.165) is 0 Å². The van der Waals surface area contributed by atoms with Crippen molar-refractivity contribution in [2.24, 2.45) is 51.6 Å². The maximum absolute atomic E-state index is 9.86. The molecule has 23 heteroatoms. The van der Waals surface area contributed by atoms with E-state index in [0.29, 0.717) is 39.3 Å². The number of hydrogen-bond donors (Lipinski definition) is 9. The molecule has 18 N–H and O–H groups in total. The van der Waals surface area contributed by atoms with Crippen molar-refractivity contribution in [3.05, 3.63) is 0 Å². The van der Waals surface area contributed by atoms with Crippen molar-refractivity contribution in [2.75, 3.05) is 39.3 Å². The first-order valence-electron chi connectivity index (χ1n) is 12.1. The third-order valence-electron chi connectivity index (χ3n) is 3.39. The molecule has 0 heterocycles. The zero-order valence-corrected chi connectivity index (χ0v) is 26.2. The van der Waals surface area contributed by atoms with E-state index >= 15 is 0 Å². The van der Waals surface area contributed by atoms with Gasteiger partial charge in [0.2, 0.25) is 0 Å². The molecule has 21 nitrogen and oxygen atoms in total. The van der Waals surface area contributed by atoms with Gasteiger partial charge in [0.15, 0.2) is 0 Å². The summed E-state index contributed by atoms with van der Waals surface area (Å²) in [5.74, 6) is -8.26. The maximum atomic E-state index is 9.86. The Bertz CT molecular complexity index is 619. The molecule has 44 heavy (non-hydrogen) atoms. The molecule has 0 aliphatic rings. The zero-order valence-electron chi connectivity index (χ0n) is 24.0. The molecule has 262 valence electrons. The molecule has 0 fully saturated rings. The van der Waals surface area contributed by atoms with Crippen molar-refractivity contribution >= 4 is 35.8 Å². The largest absolute Gasteiger partial charge is 3.00 e. The second kappa shape index (κ2) is 47.4. The number of carboxylic acids is 6. The Kier molecular flexibility index (Phi) is 65.4. The summed E-state index contributed by atoms with van der Waals surface area (Å²) >= 11 is 0. The minimum absolute atomic E-state index is 0. The molecular weight excluding hydrogens is 682 g/mol. The van der Waals surface area contributed by atoms with E-state index in [1.54, 1.807) is 0 Å². The third-order valence-corrected chi connectivity index (χ3v) is 3.39. The SMILES string of the molecule is NCCN.NCCN.NCCN.N[C@@H](CCC(=O)[O-])C(=O)[O-].N[C@@H](CCC(=O)[O-])C(=O)[O-].N[C@@H](CCC(=O)[O-])C(=O)[O-].[Fe+3].[Fe+3]. The molecule has 0 amide bonds. The Hall–Kier alpha value is -2.50. The van der Waals surface area contributed by atoms with Crippen LogP contribution in [0.5, 0.6) is 0 Å². The molecule has 0 aromatic rings. The fourth-order valence-corrected chi connectivity index (χ4v) is 1.17. The second-order valence-electron chi connectivity index (χ2n) is 7.24. The number of carbonyl (C=O) groups is 6. The van der Waals surface area contributed by atoms with E-state index in [9.17, 15) is 59.4 Å². The molecule has 3 atom stereocenters. The predicted octanol–water partition coefficient (Wildman–Crippen LogP) is -13.5. The molecule has 0 saturated carbocycles. The smallest absolute Gasteiger partial charge is 0.550 e. The molecular formula is C21H45Fe2N9O12. The van der Waals surface area contributed by atoms with Crippen LogP contribution in [-0.4, -0.2) is 93.2 Å². The number of aliphatic carboxylic acids is 6. The van der Waals surface area contributed by atoms with Crippen LogP contribution >= 0.6 is 0 Å². The summed E-state index contributed by atoms with van der Waals surface area (Å²) < 4.78 is 0. The maximum Gasteiger partial charge on any atom is 3.00 e. The number of hydrogen-bond acceptors (Lipinski definition) is 21. The van der Waals surface area contributed by atoms with Crippen LogP contribution in [0.15, 0.2) is 0 Å². The monoisotopic (exact) mass is 727 g/mol. The number of rotatable bonds is 15. The van der Waals surface area contributed by atoms with Gasteiger partial charge in [-0.2, -0.15) is 0 Å². The van der Waals surface area contributed by atoms with Crippen molar-refractivity contribution in [3.8, 4) is 0 Å². The van der Waals surface area contributed by atoms with Crippen LogP contribution < -0.4 is 82.2 Å². The topological polar surface area (TPSA) is 475 Å². The fourth-order valence-electron chi connectivity index (χ4n) is 1.17. The van der Waals surface area contributed by atoms with Gasteiger partial charge in [0.05, 0.1) is 17.9 Å². The molecule has 2 radical (unpaired) electrons. The van der Waals surface area contributed by atoms with Crippen LogP contribution in [-0.2, 0) is 62.9 Å². The van der Waals surface area contributed by atoms with Gasteiger partial charge < -0.3 is 111 Å². The van der Waals surface area contributed by atoms with Crippen LogP contribution in [0.25, 0.3) is 0 Å². The normalized spacial score (nSPS) is 10.6. The summed E-state index contributed by atoms with van der Waals surface area (Å²) in [6.45, 7) is 3.58. The van der Waals surface area contributed by atoms with Crippen molar-refractivity contribution in [1.29, 1.82) is 0 Å². The molecule has 0 unspecified atom stereocenters. The Morgan fingerprint density at radius 1 is 0.386 bits per heavy atom. The van der Waals surface area contributed by atoms with Crippen molar-refractivity contribution in [3.63, 3.8) is 0 Å². The molecule has 0 aliphatic carbocycles. The van der Waals surface area contributed by atoms with Gasteiger partial charge in [0.1, 0.15) is 0 Å². The standard InChI is InChI=1S/3C5H9NO4.3C2H8N2.2Fe/c3*6-3(5(9)10)1-2-4(7)8;3*3-1-2-4;;/h3*3H,1-2,6H2,(H,7,8)(H,9,10);3*1-4H2;;/q;;;;;;2*+3/p-6/t3*3-;;;;;/m000...../s1. The summed E-state index contributed by atoms with van der Waals surface area (Å²) in [7, 11) is 0. The van der Waals surface area contributed by atoms with E-state index in [2.05, 4.69) is 0 Å². The Morgan fingerprint density at radius 2 is 0.523 bits per heavy atom. The first-order chi connectivity index (χ1) is 19.4. The number of nitrogens with two attached hydrogens (primary N) is 9. The van der Waals surface area contributed by atoms with Crippen LogP contribution in [0.4, 0.5) is 0 Å². The molecule has 0 bridgehead atoms. The third kappa shape index (κ3) is 77.4. The average molecular weight is 727 g/mol. The number of carbonyl (C=O) groups excluding carboxylic acids is 6. The van der Waals surface area contributed by atoms with Crippen LogP contribution in [0.1, 0.15) is 38.5 Å². The van der Waals surface area contributed by atoms with Crippen LogP contribution in [0.2, 0.25) is 0 Å². The summed E-state index contributed by atoms with van der Waals surface area (Å²) in [5, 5.41) is 58.8. The first kappa shape index (κ1) is 60.7. The van der Waals surface area contributed by atoms with Gasteiger partial charge in [-0.25, -0.2) is 0 Å². The molecule has 0 rings (SSSR count). The van der Waals surface area contributed by atoms with E-state index < -0.39 is 53.9 Å². The summed E-state index contributed by atoms with van der Waals surface area (Å²) in [4.78, 5) is 58.8. The van der Waals surface area contributed by atoms with Gasteiger partial charge in [-0.15, -0.1) is 0 Å². The fraction of sp³-hybridized carbons (Fsp3) is 0.714. The van der Waals surface area contributed by atoms with Gasteiger partial charge in [-0.3, -0.25) is 0 Å². The van der Waals surface area contributed by atoms with E-state index in [-0.39, 0.29) is 72.7 Å². The Labute approximate surface area is 276 Å². The minimum Gasteiger partial charge on any atom is -0.550 e. The van der Waals surface area contributed by atoms with Gasteiger partial charge in [0, 0.05) is 75.3 Å². The Morgan fingerprint density at radius 3 is 0.591 bits per heavy atom. The Balaban J connectivity index is -0.0000000611. The second-order valence-corrected chi connectivity index (χ2v) is 7.24.